The van der Waals surface area contributed by atoms with Gasteiger partial charge >= 0.3 is 6.03 Å². The highest BCUT2D eigenvalue weighted by molar-refractivity contribution is 5.96. The van der Waals surface area contributed by atoms with Gasteiger partial charge in [-0.3, -0.25) is 4.79 Å². The molecule has 28 heavy (non-hydrogen) atoms. The van der Waals surface area contributed by atoms with Crippen molar-refractivity contribution in [1.82, 2.24) is 5.32 Å². The van der Waals surface area contributed by atoms with Gasteiger partial charge in [0.05, 0.1) is 0 Å². The fourth-order valence-corrected chi connectivity index (χ4v) is 3.36. The topological polar surface area (TPSA) is 61.4 Å². The Kier molecular flexibility index (Phi) is 5.73. The maximum Gasteiger partial charge on any atom is 0.319 e. The van der Waals surface area contributed by atoms with E-state index in [1.54, 1.807) is 4.90 Å². The molecule has 0 bridgehead atoms. The third kappa shape index (κ3) is 4.91. The number of rotatable bonds is 4. The van der Waals surface area contributed by atoms with Crippen molar-refractivity contribution in [2.45, 2.75) is 39.5 Å². The predicted octanol–water partition coefficient (Wildman–Crippen LogP) is 4.47. The molecule has 1 unspecified atom stereocenters. The Morgan fingerprint density at radius 1 is 1.07 bits per heavy atom. The lowest BCUT2D eigenvalue weighted by atomic mass is 9.87. The molecule has 1 fully saturated rings. The molecule has 5 nitrogen and oxygen atoms in total. The number of carbonyl (C=O) groups excluding carboxylic acids is 2. The van der Waals surface area contributed by atoms with E-state index in [2.05, 4.69) is 31.4 Å². The van der Waals surface area contributed by atoms with Crippen molar-refractivity contribution in [3.05, 3.63) is 59.7 Å². The molecule has 0 aliphatic carbocycles. The Balaban J connectivity index is 1.50. The van der Waals surface area contributed by atoms with Crippen molar-refractivity contribution in [3.8, 4) is 0 Å². The molecule has 1 heterocycles. The van der Waals surface area contributed by atoms with Gasteiger partial charge in [0.15, 0.2) is 0 Å². The van der Waals surface area contributed by atoms with Crippen LogP contribution in [-0.4, -0.2) is 25.0 Å². The summed E-state index contributed by atoms with van der Waals surface area (Å²) in [4.78, 5) is 26.3. The summed E-state index contributed by atoms with van der Waals surface area (Å²) in [5.41, 5.74) is 4.15. The van der Waals surface area contributed by atoms with Gasteiger partial charge in [-0.25, -0.2) is 4.79 Å². The number of nitrogens with zero attached hydrogens (tertiary/aromatic N) is 1. The van der Waals surface area contributed by atoms with Crippen LogP contribution in [0, 0.1) is 12.8 Å². The zero-order valence-electron chi connectivity index (χ0n) is 17.1. The third-order valence-electron chi connectivity index (χ3n) is 5.11. The Morgan fingerprint density at radius 2 is 1.71 bits per heavy atom. The minimum atomic E-state index is -0.246. The number of nitrogens with one attached hydrogen (secondary N) is 2. The molecule has 2 N–H and O–H groups in total. The second-order valence-corrected chi connectivity index (χ2v) is 8.57. The first-order valence-electron chi connectivity index (χ1n) is 9.75. The first kappa shape index (κ1) is 19.9. The molecule has 0 saturated carbocycles. The maximum absolute atomic E-state index is 12.3. The average molecular weight is 380 g/mol. The molecule has 1 saturated heterocycles. The van der Waals surface area contributed by atoms with Crippen LogP contribution in [-0.2, 0) is 10.2 Å². The Hall–Kier alpha value is -2.82. The normalized spacial score (nSPS) is 16.9. The van der Waals surface area contributed by atoms with Crippen LogP contribution >= 0.6 is 0 Å². The highest BCUT2D eigenvalue weighted by atomic mass is 16.2. The van der Waals surface area contributed by atoms with Crippen LogP contribution < -0.4 is 15.5 Å². The van der Waals surface area contributed by atoms with Crippen molar-refractivity contribution in [1.29, 1.82) is 0 Å². The predicted molar refractivity (Wildman–Crippen MR) is 114 cm³/mol. The number of amides is 3. The highest BCUT2D eigenvalue weighted by Crippen LogP contribution is 2.25. The van der Waals surface area contributed by atoms with E-state index in [4.69, 9.17) is 0 Å². The molecule has 1 aliphatic heterocycles. The summed E-state index contributed by atoms with van der Waals surface area (Å²) in [7, 11) is 0. The van der Waals surface area contributed by atoms with Gasteiger partial charge in [-0.2, -0.15) is 0 Å². The summed E-state index contributed by atoms with van der Waals surface area (Å²) in [5.74, 6) is 0.219. The average Bonchev–Trinajstić information content (AvgIpc) is 3.01. The van der Waals surface area contributed by atoms with Gasteiger partial charge in [-0.15, -0.1) is 0 Å². The van der Waals surface area contributed by atoms with Crippen LogP contribution in [0.1, 0.15) is 38.3 Å². The number of anilines is 2. The Labute approximate surface area is 167 Å². The first-order valence-corrected chi connectivity index (χ1v) is 9.75. The monoisotopic (exact) mass is 379 g/mol. The smallest absolute Gasteiger partial charge is 0.319 e. The summed E-state index contributed by atoms with van der Waals surface area (Å²) in [6.45, 7) is 9.60. The molecule has 0 radical (unpaired) electrons. The molecule has 1 aliphatic rings. The minimum Gasteiger partial charge on any atom is -0.338 e. The van der Waals surface area contributed by atoms with E-state index in [1.807, 2.05) is 55.5 Å². The molecular weight excluding hydrogens is 350 g/mol. The molecule has 3 rings (SSSR count). The highest BCUT2D eigenvalue weighted by Gasteiger charge is 2.30. The zero-order chi connectivity index (χ0) is 20.3. The maximum atomic E-state index is 12.3. The fourth-order valence-electron chi connectivity index (χ4n) is 3.36. The van der Waals surface area contributed by atoms with Gasteiger partial charge in [-0.05, 0) is 42.2 Å². The molecule has 2 aromatic rings. The minimum absolute atomic E-state index is 0.0825. The van der Waals surface area contributed by atoms with Crippen molar-refractivity contribution >= 4 is 23.3 Å². The summed E-state index contributed by atoms with van der Waals surface area (Å²) in [6.07, 6.45) is 0.453. The fraction of sp³-hybridized carbons (Fsp3) is 0.391. The number of hydrogen-bond acceptors (Lipinski definition) is 2. The molecule has 5 heteroatoms. The Morgan fingerprint density at radius 3 is 2.32 bits per heavy atom. The van der Waals surface area contributed by atoms with Gasteiger partial charge in [-0.1, -0.05) is 50.6 Å². The number of urea groups is 1. The van der Waals surface area contributed by atoms with E-state index >= 15 is 0 Å². The van der Waals surface area contributed by atoms with E-state index < -0.39 is 0 Å². The number of carbonyl (C=O) groups is 2. The van der Waals surface area contributed by atoms with E-state index in [1.165, 1.54) is 11.1 Å². The molecule has 2 aromatic carbocycles. The van der Waals surface area contributed by atoms with Gasteiger partial charge in [0.1, 0.15) is 0 Å². The van der Waals surface area contributed by atoms with Gasteiger partial charge in [0.25, 0.3) is 0 Å². The lowest BCUT2D eigenvalue weighted by Crippen LogP contribution is -2.34. The summed E-state index contributed by atoms with van der Waals surface area (Å²) < 4.78 is 0. The molecule has 148 valence electrons. The Bertz CT molecular complexity index is 836. The van der Waals surface area contributed by atoms with Crippen LogP contribution in [0.15, 0.2) is 48.5 Å². The van der Waals surface area contributed by atoms with Gasteiger partial charge in [0.2, 0.25) is 5.91 Å². The molecule has 3 amide bonds. The molecule has 1 atom stereocenters. The van der Waals surface area contributed by atoms with E-state index in [0.717, 1.165) is 11.4 Å². The van der Waals surface area contributed by atoms with E-state index in [0.29, 0.717) is 19.5 Å². The van der Waals surface area contributed by atoms with Gasteiger partial charge < -0.3 is 15.5 Å². The van der Waals surface area contributed by atoms with E-state index in [9.17, 15) is 9.59 Å². The number of hydrogen-bond donors (Lipinski definition) is 2. The lowest BCUT2D eigenvalue weighted by molar-refractivity contribution is -0.117. The zero-order valence-corrected chi connectivity index (χ0v) is 17.1. The van der Waals surface area contributed by atoms with Crippen molar-refractivity contribution in [2.75, 3.05) is 23.3 Å². The van der Waals surface area contributed by atoms with Crippen molar-refractivity contribution in [2.24, 2.45) is 5.92 Å². The number of aryl methyl sites for hydroxylation is 1. The quantitative estimate of drug-likeness (QED) is 0.823. The summed E-state index contributed by atoms with van der Waals surface area (Å²) in [6, 6.07) is 15.6. The second-order valence-electron chi connectivity index (χ2n) is 8.57. The molecule has 0 spiro atoms. The van der Waals surface area contributed by atoms with Crippen LogP contribution in [0.25, 0.3) is 0 Å². The largest absolute Gasteiger partial charge is 0.338 e. The standard InChI is InChI=1S/C23H29N3O2/c1-16-5-11-20(12-6-16)26-15-17(13-21(26)27)14-24-22(28)25-19-9-7-18(8-10-19)23(2,3)4/h5-12,17H,13-15H2,1-4H3,(H2,24,25,28). The lowest BCUT2D eigenvalue weighted by Gasteiger charge is -2.19. The molecule has 0 aromatic heterocycles. The van der Waals surface area contributed by atoms with Crippen LogP contribution in [0.4, 0.5) is 16.2 Å². The first-order chi connectivity index (χ1) is 13.2. The van der Waals surface area contributed by atoms with Crippen molar-refractivity contribution in [3.63, 3.8) is 0 Å². The summed E-state index contributed by atoms with van der Waals surface area (Å²) >= 11 is 0. The molecular formula is C23H29N3O2. The third-order valence-corrected chi connectivity index (χ3v) is 5.11. The van der Waals surface area contributed by atoms with Gasteiger partial charge in [0, 0.05) is 36.8 Å². The number of benzene rings is 2. The van der Waals surface area contributed by atoms with Crippen LogP contribution in [0.3, 0.4) is 0 Å². The summed E-state index contributed by atoms with van der Waals surface area (Å²) in [5, 5.41) is 5.75. The van der Waals surface area contributed by atoms with E-state index in [-0.39, 0.29) is 23.3 Å². The SMILES string of the molecule is Cc1ccc(N2CC(CNC(=O)Nc3ccc(C(C)(C)C)cc3)CC2=O)cc1. The second kappa shape index (κ2) is 8.05. The van der Waals surface area contributed by atoms with Crippen LogP contribution in [0.5, 0.6) is 0 Å². The van der Waals surface area contributed by atoms with Crippen LogP contribution in [0.2, 0.25) is 0 Å². The van der Waals surface area contributed by atoms with Crippen molar-refractivity contribution < 1.29 is 9.59 Å².